The molecule has 0 aliphatic heterocycles. The largest absolute Gasteiger partial charge is 0.496 e. The van der Waals surface area contributed by atoms with Crippen LogP contribution in [-0.2, 0) is 4.79 Å². The van der Waals surface area contributed by atoms with Crippen LogP contribution in [0.5, 0.6) is 5.75 Å². The number of hydrogen-bond acceptors (Lipinski definition) is 6. The van der Waals surface area contributed by atoms with Gasteiger partial charge in [0, 0.05) is 22.6 Å². The van der Waals surface area contributed by atoms with Crippen molar-refractivity contribution in [3.8, 4) is 5.75 Å². The molecule has 166 valence electrons. The number of rotatable bonds is 8. The smallest absolute Gasteiger partial charge is 0.269 e. The van der Waals surface area contributed by atoms with E-state index >= 15 is 0 Å². The van der Waals surface area contributed by atoms with Crippen LogP contribution in [0.4, 0.5) is 5.69 Å². The lowest BCUT2D eigenvalue weighted by Gasteiger charge is -2.42. The zero-order valence-corrected chi connectivity index (χ0v) is 18.0. The van der Waals surface area contributed by atoms with Crippen molar-refractivity contribution in [1.82, 2.24) is 9.44 Å². The highest BCUT2D eigenvalue weighted by atomic mass is 32.3. The molecule has 0 fully saturated rings. The monoisotopic (exact) mass is 454 g/mol. The third-order valence-electron chi connectivity index (χ3n) is 4.53. The molecular weight excluding hydrogens is 432 g/mol. The summed E-state index contributed by atoms with van der Waals surface area (Å²) in [7, 11) is -1.35. The van der Waals surface area contributed by atoms with E-state index in [9.17, 15) is 19.7 Å². The van der Waals surface area contributed by atoms with E-state index in [2.05, 4.69) is 9.44 Å². The number of nitrogens with two attached hydrogens (primary N) is 1. The number of nitrogens with zero attached hydrogens (tertiary/aromatic N) is 1. The number of nitro benzene ring substituents is 1. The van der Waals surface area contributed by atoms with Crippen LogP contribution in [0.15, 0.2) is 88.7 Å². The Morgan fingerprint density at radius 2 is 1.59 bits per heavy atom. The van der Waals surface area contributed by atoms with Crippen LogP contribution in [0, 0.1) is 10.1 Å². The molecule has 0 spiro atoms. The predicted octanol–water partition coefficient (Wildman–Crippen LogP) is 3.16. The SMILES string of the molecule is COc1ccccc1S(NC(=O)CN)(NC(=O)c1ccccc1)c1ccc([N+](=O)[O-])cc1. The molecule has 2 amide bonds. The van der Waals surface area contributed by atoms with Crippen molar-refractivity contribution in [2.75, 3.05) is 13.7 Å². The number of para-hydroxylation sites is 1. The van der Waals surface area contributed by atoms with Gasteiger partial charge in [-0.25, -0.2) is 0 Å². The fourth-order valence-corrected chi connectivity index (χ4v) is 5.89. The van der Waals surface area contributed by atoms with E-state index in [1.807, 2.05) is 0 Å². The maximum atomic E-state index is 13.2. The molecule has 1 unspecified atom stereocenters. The fraction of sp³-hybridized carbons (Fsp3) is 0.0909. The van der Waals surface area contributed by atoms with Gasteiger partial charge in [0.25, 0.3) is 11.6 Å². The van der Waals surface area contributed by atoms with E-state index in [0.29, 0.717) is 21.1 Å². The lowest BCUT2D eigenvalue weighted by Crippen LogP contribution is -2.42. The minimum Gasteiger partial charge on any atom is -0.496 e. The maximum Gasteiger partial charge on any atom is 0.269 e. The quantitative estimate of drug-likeness (QED) is 0.353. The van der Waals surface area contributed by atoms with Gasteiger partial charge >= 0.3 is 0 Å². The van der Waals surface area contributed by atoms with Gasteiger partial charge in [0.2, 0.25) is 5.91 Å². The third-order valence-corrected chi connectivity index (χ3v) is 7.54. The Balaban J connectivity index is 2.25. The van der Waals surface area contributed by atoms with E-state index in [1.165, 1.54) is 31.4 Å². The Morgan fingerprint density at radius 3 is 2.19 bits per heavy atom. The summed E-state index contributed by atoms with van der Waals surface area (Å²) >= 11 is 0. The van der Waals surface area contributed by atoms with E-state index in [-0.39, 0.29) is 12.2 Å². The van der Waals surface area contributed by atoms with Gasteiger partial charge < -0.3 is 10.5 Å². The Labute approximate surface area is 186 Å². The summed E-state index contributed by atoms with van der Waals surface area (Å²) in [5.41, 5.74) is 5.83. The summed E-state index contributed by atoms with van der Waals surface area (Å²) in [5, 5.41) is 11.2. The molecule has 4 N–H and O–H groups in total. The van der Waals surface area contributed by atoms with Gasteiger partial charge in [0.05, 0.1) is 23.5 Å². The first-order chi connectivity index (χ1) is 15.4. The van der Waals surface area contributed by atoms with Crippen molar-refractivity contribution in [2.24, 2.45) is 5.73 Å². The number of non-ortho nitro benzene ring substituents is 1. The first-order valence-corrected chi connectivity index (χ1v) is 11.1. The number of amides is 2. The molecule has 0 heterocycles. The highest BCUT2D eigenvalue weighted by molar-refractivity contribution is 8.31. The summed E-state index contributed by atoms with van der Waals surface area (Å²) in [6, 6.07) is 21.1. The van der Waals surface area contributed by atoms with Gasteiger partial charge in [-0.15, -0.1) is 0 Å². The summed E-state index contributed by atoms with van der Waals surface area (Å²) in [5.74, 6) is -0.536. The highest BCUT2D eigenvalue weighted by Crippen LogP contribution is 2.59. The minimum atomic E-state index is -2.82. The van der Waals surface area contributed by atoms with Gasteiger partial charge in [0.15, 0.2) is 0 Å². The van der Waals surface area contributed by atoms with Crippen molar-refractivity contribution in [2.45, 2.75) is 9.79 Å². The fourth-order valence-electron chi connectivity index (χ4n) is 3.02. The second kappa shape index (κ2) is 9.94. The van der Waals surface area contributed by atoms with E-state index in [0.717, 1.165) is 0 Å². The molecule has 0 saturated heterocycles. The van der Waals surface area contributed by atoms with Crippen LogP contribution < -0.4 is 19.9 Å². The normalized spacial score (nSPS) is 13.3. The Kier molecular flexibility index (Phi) is 7.08. The topological polar surface area (TPSA) is 137 Å². The zero-order chi connectivity index (χ0) is 23.1. The van der Waals surface area contributed by atoms with Gasteiger partial charge in [-0.05, 0) is 46.8 Å². The average molecular weight is 455 g/mol. The molecule has 32 heavy (non-hydrogen) atoms. The number of nitrogens with one attached hydrogen (secondary N) is 2. The van der Waals surface area contributed by atoms with Gasteiger partial charge in [-0.1, -0.05) is 30.3 Å². The molecule has 9 nitrogen and oxygen atoms in total. The van der Waals surface area contributed by atoms with Crippen LogP contribution in [0.2, 0.25) is 0 Å². The highest BCUT2D eigenvalue weighted by Gasteiger charge is 2.35. The summed E-state index contributed by atoms with van der Waals surface area (Å²) in [6.45, 7) is -0.321. The standard InChI is InChI=1S/C22H22N4O5S/c1-31-19-9-5-6-10-20(19)32(24-21(27)15-23,18-13-11-17(12-14-18)26(29)30)25-22(28)16-7-3-2-4-8-16/h2-14H,15,23H2,1H3,(H,24,27)(H,25,28). The lowest BCUT2D eigenvalue weighted by molar-refractivity contribution is -0.384. The van der Waals surface area contributed by atoms with Crippen molar-refractivity contribution in [3.05, 3.63) is 94.5 Å². The molecule has 3 aromatic rings. The lowest BCUT2D eigenvalue weighted by atomic mass is 10.2. The number of benzene rings is 3. The van der Waals surface area contributed by atoms with Crippen molar-refractivity contribution in [1.29, 1.82) is 0 Å². The summed E-state index contributed by atoms with van der Waals surface area (Å²) in [4.78, 5) is 37.4. The zero-order valence-electron chi connectivity index (χ0n) is 17.2. The first-order valence-electron chi connectivity index (χ1n) is 9.50. The molecular formula is C22H22N4O5S. The average Bonchev–Trinajstić information content (AvgIpc) is 2.84. The van der Waals surface area contributed by atoms with Gasteiger partial charge in [-0.3, -0.25) is 29.1 Å². The van der Waals surface area contributed by atoms with Crippen LogP contribution >= 0.6 is 10.4 Å². The maximum absolute atomic E-state index is 13.2. The second-order valence-electron chi connectivity index (χ2n) is 6.54. The number of nitro groups is 1. The van der Waals surface area contributed by atoms with E-state index in [1.54, 1.807) is 54.6 Å². The number of ether oxygens (including phenoxy) is 1. The summed E-state index contributed by atoms with van der Waals surface area (Å²) < 4.78 is 11.4. The van der Waals surface area contributed by atoms with Crippen molar-refractivity contribution < 1.29 is 19.2 Å². The number of carbonyl (C=O) groups excluding carboxylic acids is 2. The van der Waals surface area contributed by atoms with E-state index < -0.39 is 27.1 Å². The molecule has 0 aromatic heterocycles. The number of hydrogen-bond donors (Lipinski definition) is 3. The molecule has 0 aliphatic carbocycles. The molecule has 3 aromatic carbocycles. The molecule has 10 heteroatoms. The second-order valence-corrected chi connectivity index (χ2v) is 9.09. The van der Waals surface area contributed by atoms with Crippen LogP contribution in [0.3, 0.4) is 0 Å². The van der Waals surface area contributed by atoms with E-state index in [4.69, 9.17) is 10.5 Å². The van der Waals surface area contributed by atoms with Gasteiger partial charge in [-0.2, -0.15) is 0 Å². The molecule has 0 bridgehead atoms. The minimum absolute atomic E-state index is 0.124. The predicted molar refractivity (Wildman–Crippen MR) is 121 cm³/mol. The molecule has 0 radical (unpaired) electrons. The van der Waals surface area contributed by atoms with Crippen LogP contribution in [-0.4, -0.2) is 30.4 Å². The van der Waals surface area contributed by atoms with Crippen LogP contribution in [0.25, 0.3) is 0 Å². The molecule has 0 aliphatic rings. The summed E-state index contributed by atoms with van der Waals surface area (Å²) in [6.07, 6.45) is 0. The Hall–Kier alpha value is -3.89. The van der Waals surface area contributed by atoms with Crippen molar-refractivity contribution >= 4 is 27.9 Å². The molecule has 3 rings (SSSR count). The number of carbonyl (C=O) groups is 2. The van der Waals surface area contributed by atoms with Crippen LogP contribution in [0.1, 0.15) is 10.4 Å². The van der Waals surface area contributed by atoms with Gasteiger partial charge in [0.1, 0.15) is 5.75 Å². The Morgan fingerprint density at radius 1 is 0.969 bits per heavy atom. The number of methoxy groups -OCH3 is 1. The molecule has 1 atom stereocenters. The molecule has 0 saturated carbocycles. The Bertz CT molecular complexity index is 1120. The third kappa shape index (κ3) is 4.71. The first kappa shape index (κ1) is 22.8. The van der Waals surface area contributed by atoms with Crippen molar-refractivity contribution in [3.63, 3.8) is 0 Å².